The van der Waals surface area contributed by atoms with Crippen molar-refractivity contribution < 1.29 is 4.74 Å². The molecule has 2 nitrogen and oxygen atoms in total. The van der Waals surface area contributed by atoms with E-state index in [4.69, 9.17) is 4.74 Å². The molecule has 0 atom stereocenters. The Balaban J connectivity index is 2.43. The molecule has 2 rings (SSSR count). The van der Waals surface area contributed by atoms with E-state index in [2.05, 4.69) is 76.7 Å². The van der Waals surface area contributed by atoms with Crippen molar-refractivity contribution in [2.24, 2.45) is 0 Å². The van der Waals surface area contributed by atoms with E-state index in [1.165, 1.54) is 11.1 Å². The van der Waals surface area contributed by atoms with Crippen LogP contribution in [0.1, 0.15) is 31.9 Å². The minimum atomic E-state index is 0.0171. The van der Waals surface area contributed by atoms with Gasteiger partial charge in [0, 0.05) is 16.2 Å². The van der Waals surface area contributed by atoms with Crippen molar-refractivity contribution >= 4 is 31.9 Å². The summed E-state index contributed by atoms with van der Waals surface area (Å²) in [4.78, 5) is 4.30. The first kappa shape index (κ1) is 15.5. The molecule has 0 saturated heterocycles. The first-order chi connectivity index (χ1) is 9.27. The number of hydrogen-bond donors (Lipinski definition) is 0. The summed E-state index contributed by atoms with van der Waals surface area (Å²) in [5, 5.41) is 0. The molecule has 0 N–H and O–H groups in total. The highest BCUT2D eigenvalue weighted by Crippen LogP contribution is 2.36. The van der Waals surface area contributed by atoms with E-state index in [-0.39, 0.29) is 5.41 Å². The number of hydrogen-bond acceptors (Lipinski definition) is 2. The third-order valence-corrected chi connectivity index (χ3v) is 3.93. The average molecular weight is 399 g/mol. The molecule has 0 bridgehead atoms. The third-order valence-electron chi connectivity index (χ3n) is 2.92. The Kier molecular flexibility index (Phi) is 4.55. The van der Waals surface area contributed by atoms with Gasteiger partial charge in [0.05, 0.1) is 4.47 Å². The van der Waals surface area contributed by atoms with Gasteiger partial charge in [-0.2, -0.15) is 0 Å². The zero-order chi connectivity index (χ0) is 14.9. The van der Waals surface area contributed by atoms with Crippen LogP contribution in [-0.2, 0) is 5.41 Å². The highest BCUT2D eigenvalue weighted by molar-refractivity contribution is 9.11. The van der Waals surface area contributed by atoms with Gasteiger partial charge in [-0.1, -0.05) is 38.5 Å². The van der Waals surface area contributed by atoms with Gasteiger partial charge in [0.25, 0.3) is 0 Å². The van der Waals surface area contributed by atoms with Gasteiger partial charge in [0.1, 0.15) is 5.75 Å². The summed E-state index contributed by atoms with van der Waals surface area (Å²) in [5.74, 6) is 1.42. The Bertz CT molecular complexity index is 633. The number of rotatable bonds is 2. The summed E-state index contributed by atoms with van der Waals surface area (Å²) >= 11 is 6.87. The van der Waals surface area contributed by atoms with Crippen LogP contribution in [0.5, 0.6) is 11.6 Å². The molecule has 0 saturated carbocycles. The van der Waals surface area contributed by atoms with E-state index in [0.717, 1.165) is 14.7 Å². The zero-order valence-corrected chi connectivity index (χ0v) is 15.2. The fourth-order valence-corrected chi connectivity index (χ4v) is 2.97. The average Bonchev–Trinajstić information content (AvgIpc) is 2.33. The lowest BCUT2D eigenvalue weighted by atomic mass is 9.85. The fourth-order valence-electron chi connectivity index (χ4n) is 1.90. The largest absolute Gasteiger partial charge is 0.438 e. The van der Waals surface area contributed by atoms with Crippen LogP contribution >= 0.6 is 31.9 Å². The maximum atomic E-state index is 6.00. The van der Waals surface area contributed by atoms with Gasteiger partial charge in [0.2, 0.25) is 5.88 Å². The fraction of sp³-hybridized carbons (Fsp3) is 0.312. The molecule has 0 amide bonds. The number of halogens is 2. The number of pyridine rings is 1. The maximum Gasteiger partial charge on any atom is 0.233 e. The van der Waals surface area contributed by atoms with Crippen LogP contribution in [0.3, 0.4) is 0 Å². The van der Waals surface area contributed by atoms with Crippen molar-refractivity contribution in [1.82, 2.24) is 4.98 Å². The van der Waals surface area contributed by atoms with Gasteiger partial charge in [-0.3, -0.25) is 0 Å². The van der Waals surface area contributed by atoms with Gasteiger partial charge in [0.15, 0.2) is 0 Å². The third kappa shape index (κ3) is 3.61. The van der Waals surface area contributed by atoms with E-state index >= 15 is 0 Å². The number of aromatic nitrogens is 1. The summed E-state index contributed by atoms with van der Waals surface area (Å²) in [6.07, 6.45) is 1.73. The van der Waals surface area contributed by atoms with Crippen LogP contribution in [0.2, 0.25) is 0 Å². The normalized spacial score (nSPS) is 11.5. The SMILES string of the molecule is Cc1ccc(Oc2ncc(Br)cc2Br)c(C(C)(C)C)c1. The van der Waals surface area contributed by atoms with E-state index in [1.807, 2.05) is 12.1 Å². The van der Waals surface area contributed by atoms with Crippen molar-refractivity contribution in [3.05, 3.63) is 50.5 Å². The molecule has 0 aliphatic carbocycles. The van der Waals surface area contributed by atoms with E-state index in [9.17, 15) is 0 Å². The van der Waals surface area contributed by atoms with Crippen molar-refractivity contribution in [2.75, 3.05) is 0 Å². The van der Waals surface area contributed by atoms with Crippen LogP contribution < -0.4 is 4.74 Å². The Morgan fingerprint density at radius 3 is 2.40 bits per heavy atom. The van der Waals surface area contributed by atoms with Crippen LogP contribution in [0.15, 0.2) is 39.4 Å². The predicted molar refractivity (Wildman–Crippen MR) is 89.6 cm³/mol. The molecule has 1 heterocycles. The van der Waals surface area contributed by atoms with Gasteiger partial charge in [-0.15, -0.1) is 0 Å². The molecule has 0 fully saturated rings. The summed E-state index contributed by atoms with van der Waals surface area (Å²) < 4.78 is 7.74. The van der Waals surface area contributed by atoms with Crippen molar-refractivity contribution in [3.8, 4) is 11.6 Å². The lowest BCUT2D eigenvalue weighted by Gasteiger charge is -2.23. The van der Waals surface area contributed by atoms with Crippen molar-refractivity contribution in [1.29, 1.82) is 0 Å². The Hall–Kier alpha value is -0.870. The van der Waals surface area contributed by atoms with Gasteiger partial charge >= 0.3 is 0 Å². The lowest BCUT2D eigenvalue weighted by molar-refractivity contribution is 0.437. The van der Waals surface area contributed by atoms with E-state index < -0.39 is 0 Å². The molecule has 1 aromatic heterocycles. The minimum Gasteiger partial charge on any atom is -0.438 e. The topological polar surface area (TPSA) is 22.1 Å². The standard InChI is InChI=1S/C16H17Br2NO/c1-10-5-6-14(12(7-10)16(2,3)4)20-15-13(18)8-11(17)9-19-15/h5-9H,1-4H3. The molecule has 0 aliphatic rings. The molecule has 0 spiro atoms. The van der Waals surface area contributed by atoms with E-state index in [0.29, 0.717) is 5.88 Å². The maximum absolute atomic E-state index is 6.00. The lowest BCUT2D eigenvalue weighted by Crippen LogP contribution is -2.13. The quantitative estimate of drug-likeness (QED) is 0.618. The van der Waals surface area contributed by atoms with Gasteiger partial charge in [-0.05, 0) is 56.3 Å². The number of aryl methyl sites for hydroxylation is 1. The first-order valence-corrected chi connectivity index (χ1v) is 7.96. The molecule has 1 aromatic carbocycles. The Morgan fingerprint density at radius 1 is 1.10 bits per heavy atom. The molecule has 0 unspecified atom stereocenters. The minimum absolute atomic E-state index is 0.0171. The monoisotopic (exact) mass is 397 g/mol. The second kappa shape index (κ2) is 5.86. The Morgan fingerprint density at radius 2 is 1.80 bits per heavy atom. The molecule has 0 radical (unpaired) electrons. The van der Waals surface area contributed by atoms with Crippen LogP contribution in [0.4, 0.5) is 0 Å². The second-order valence-corrected chi connectivity index (χ2v) is 7.56. The molecular formula is C16H17Br2NO. The number of nitrogens with zero attached hydrogens (tertiary/aromatic N) is 1. The van der Waals surface area contributed by atoms with Gasteiger partial charge < -0.3 is 4.74 Å². The first-order valence-electron chi connectivity index (χ1n) is 6.37. The molecular weight excluding hydrogens is 382 g/mol. The molecule has 0 aliphatic heterocycles. The van der Waals surface area contributed by atoms with Crippen molar-refractivity contribution in [2.45, 2.75) is 33.1 Å². The molecule has 4 heteroatoms. The highest BCUT2D eigenvalue weighted by Gasteiger charge is 2.20. The highest BCUT2D eigenvalue weighted by atomic mass is 79.9. The Labute approximate surface area is 136 Å². The number of benzene rings is 1. The summed E-state index contributed by atoms with van der Waals surface area (Å²) in [6.45, 7) is 8.63. The van der Waals surface area contributed by atoms with Gasteiger partial charge in [-0.25, -0.2) is 4.98 Å². The molecule has 2 aromatic rings. The van der Waals surface area contributed by atoms with Crippen molar-refractivity contribution in [3.63, 3.8) is 0 Å². The predicted octanol–water partition coefficient (Wildman–Crippen LogP) is 6.00. The smallest absolute Gasteiger partial charge is 0.233 e. The van der Waals surface area contributed by atoms with Crippen LogP contribution in [-0.4, -0.2) is 4.98 Å². The summed E-state index contributed by atoms with van der Waals surface area (Å²) in [7, 11) is 0. The zero-order valence-electron chi connectivity index (χ0n) is 12.0. The van der Waals surface area contributed by atoms with E-state index in [1.54, 1.807) is 6.20 Å². The number of ether oxygens (including phenoxy) is 1. The molecule has 106 valence electrons. The van der Waals surface area contributed by atoms with Crippen LogP contribution in [0.25, 0.3) is 0 Å². The summed E-state index contributed by atoms with van der Waals surface area (Å²) in [6, 6.07) is 8.15. The second-order valence-electron chi connectivity index (χ2n) is 5.79. The van der Waals surface area contributed by atoms with Crippen LogP contribution in [0, 0.1) is 6.92 Å². The molecule has 20 heavy (non-hydrogen) atoms. The summed E-state index contributed by atoms with van der Waals surface area (Å²) in [5.41, 5.74) is 2.42.